The number of benzene rings is 2. The molecule has 0 unspecified atom stereocenters. The van der Waals surface area contributed by atoms with Crippen LogP contribution in [-0.4, -0.2) is 70.4 Å². The average molecular weight is 426 g/mol. The summed E-state index contributed by atoms with van der Waals surface area (Å²) < 4.78 is 5.39. The highest BCUT2D eigenvalue weighted by molar-refractivity contribution is 6.08. The molecular formula is C22H28N5O4+. The Kier molecular flexibility index (Phi) is 6.34. The number of nitro groups is 1. The molecule has 1 amide bonds. The number of amides is 1. The molecular weight excluding hydrogens is 398 g/mol. The average Bonchev–Trinajstić information content (AvgIpc) is 2.80. The Bertz CT molecular complexity index is 935. The zero-order valence-electron chi connectivity index (χ0n) is 17.7. The zero-order valence-corrected chi connectivity index (χ0v) is 17.7. The molecule has 2 aliphatic heterocycles. The van der Waals surface area contributed by atoms with Gasteiger partial charge in [0.25, 0.3) is 11.6 Å². The third-order valence-electron chi connectivity index (χ3n) is 5.89. The van der Waals surface area contributed by atoms with Crippen LogP contribution in [0.15, 0.2) is 42.5 Å². The van der Waals surface area contributed by atoms with Gasteiger partial charge in [-0.2, -0.15) is 0 Å². The van der Waals surface area contributed by atoms with Crippen molar-refractivity contribution in [1.82, 2.24) is 0 Å². The maximum Gasteiger partial charge on any atom is 0.270 e. The molecule has 2 aromatic rings. The second-order valence-electron chi connectivity index (χ2n) is 8.00. The number of nitrogens with zero attached hydrogens (tertiary/aromatic N) is 3. The molecule has 9 heteroatoms. The monoisotopic (exact) mass is 426 g/mol. The summed E-state index contributed by atoms with van der Waals surface area (Å²) in [6.45, 7) is 6.63. The van der Waals surface area contributed by atoms with E-state index in [0.29, 0.717) is 43.2 Å². The predicted octanol–water partition coefficient (Wildman–Crippen LogP) is 1.02. The van der Waals surface area contributed by atoms with Gasteiger partial charge in [0.2, 0.25) is 0 Å². The Labute approximate surface area is 181 Å². The van der Waals surface area contributed by atoms with Crippen LogP contribution in [0.1, 0.15) is 10.4 Å². The fourth-order valence-electron chi connectivity index (χ4n) is 4.00. The molecule has 2 heterocycles. The second-order valence-corrected chi connectivity index (χ2v) is 8.00. The number of carbonyl (C=O) groups excluding carboxylic acids is 1. The maximum atomic E-state index is 13.1. The van der Waals surface area contributed by atoms with Crippen molar-refractivity contribution in [2.75, 3.05) is 74.6 Å². The van der Waals surface area contributed by atoms with Crippen LogP contribution < -0.4 is 20.0 Å². The lowest BCUT2D eigenvalue weighted by atomic mass is 10.1. The first-order valence-corrected chi connectivity index (χ1v) is 10.6. The van der Waals surface area contributed by atoms with Crippen LogP contribution in [0.2, 0.25) is 0 Å². The number of morpholine rings is 1. The third kappa shape index (κ3) is 4.95. The first-order valence-electron chi connectivity index (χ1n) is 10.6. The highest BCUT2D eigenvalue weighted by Crippen LogP contribution is 2.28. The van der Waals surface area contributed by atoms with E-state index in [1.165, 1.54) is 17.0 Å². The number of carbonyl (C=O) groups is 1. The van der Waals surface area contributed by atoms with Crippen molar-refractivity contribution in [3.05, 3.63) is 58.1 Å². The van der Waals surface area contributed by atoms with Gasteiger partial charge in [0.05, 0.1) is 62.6 Å². The number of likely N-dealkylation sites (N-methyl/N-ethyl adjacent to an activating group) is 1. The van der Waals surface area contributed by atoms with Gasteiger partial charge in [-0.25, -0.2) is 0 Å². The molecule has 164 valence electrons. The lowest BCUT2D eigenvalue weighted by Crippen LogP contribution is -3.12. The topological polar surface area (TPSA) is 92.4 Å². The zero-order chi connectivity index (χ0) is 21.8. The molecule has 4 rings (SSSR count). The summed E-state index contributed by atoms with van der Waals surface area (Å²) >= 11 is 0. The fraction of sp³-hybridized carbons (Fsp3) is 0.409. The van der Waals surface area contributed by atoms with E-state index in [4.69, 9.17) is 4.74 Å². The van der Waals surface area contributed by atoms with Crippen molar-refractivity contribution in [2.24, 2.45) is 0 Å². The molecule has 31 heavy (non-hydrogen) atoms. The summed E-state index contributed by atoms with van der Waals surface area (Å²) in [5.41, 5.74) is 2.67. The number of nitro benzene ring substituents is 1. The van der Waals surface area contributed by atoms with Gasteiger partial charge in [-0.3, -0.25) is 14.9 Å². The number of piperazine rings is 1. The molecule has 0 saturated carbocycles. The molecule has 0 aromatic heterocycles. The van der Waals surface area contributed by atoms with E-state index in [1.807, 2.05) is 29.2 Å². The van der Waals surface area contributed by atoms with Gasteiger partial charge in [0.1, 0.15) is 0 Å². The van der Waals surface area contributed by atoms with E-state index >= 15 is 0 Å². The van der Waals surface area contributed by atoms with Crippen molar-refractivity contribution in [3.8, 4) is 0 Å². The number of hydrogen-bond donors (Lipinski definition) is 2. The van der Waals surface area contributed by atoms with Crippen molar-refractivity contribution in [1.29, 1.82) is 0 Å². The number of hydrogen-bond acceptors (Lipinski definition) is 6. The second kappa shape index (κ2) is 9.32. The van der Waals surface area contributed by atoms with Crippen molar-refractivity contribution >= 4 is 28.7 Å². The smallest absolute Gasteiger partial charge is 0.270 e. The summed E-state index contributed by atoms with van der Waals surface area (Å²) in [5.74, 6) is -0.360. The molecule has 0 atom stereocenters. The molecule has 2 N–H and O–H groups in total. The molecule has 0 bridgehead atoms. The van der Waals surface area contributed by atoms with E-state index < -0.39 is 4.92 Å². The van der Waals surface area contributed by atoms with Gasteiger partial charge >= 0.3 is 0 Å². The van der Waals surface area contributed by atoms with Gasteiger partial charge in [-0.15, -0.1) is 0 Å². The highest BCUT2D eigenvalue weighted by atomic mass is 16.6. The van der Waals surface area contributed by atoms with Crippen LogP contribution >= 0.6 is 0 Å². The summed E-state index contributed by atoms with van der Waals surface area (Å²) in [6, 6.07) is 12.2. The van der Waals surface area contributed by atoms with E-state index in [0.717, 1.165) is 31.9 Å². The van der Waals surface area contributed by atoms with E-state index in [9.17, 15) is 14.9 Å². The molecule has 0 spiro atoms. The van der Waals surface area contributed by atoms with Crippen LogP contribution in [0.4, 0.5) is 22.7 Å². The normalized spacial score (nSPS) is 17.5. The van der Waals surface area contributed by atoms with Crippen LogP contribution in [-0.2, 0) is 4.74 Å². The molecule has 9 nitrogen and oxygen atoms in total. The van der Waals surface area contributed by atoms with E-state index in [-0.39, 0.29) is 11.6 Å². The third-order valence-corrected chi connectivity index (χ3v) is 5.89. The Morgan fingerprint density at radius 2 is 1.71 bits per heavy atom. The van der Waals surface area contributed by atoms with Crippen molar-refractivity contribution < 1.29 is 19.4 Å². The van der Waals surface area contributed by atoms with E-state index in [1.54, 1.807) is 6.07 Å². The lowest BCUT2D eigenvalue weighted by Gasteiger charge is -2.31. The number of non-ortho nitro benzene ring substituents is 1. The molecule has 2 aromatic carbocycles. The minimum atomic E-state index is -0.480. The van der Waals surface area contributed by atoms with Crippen molar-refractivity contribution in [3.63, 3.8) is 0 Å². The highest BCUT2D eigenvalue weighted by Gasteiger charge is 2.22. The minimum Gasteiger partial charge on any atom is -0.378 e. The molecule has 2 fully saturated rings. The van der Waals surface area contributed by atoms with E-state index in [2.05, 4.69) is 17.3 Å². The summed E-state index contributed by atoms with van der Waals surface area (Å²) in [6.07, 6.45) is 0. The van der Waals surface area contributed by atoms with Crippen LogP contribution in [0.3, 0.4) is 0 Å². The Morgan fingerprint density at radius 3 is 2.35 bits per heavy atom. The number of anilines is 3. The fourth-order valence-corrected chi connectivity index (χ4v) is 4.00. The number of quaternary nitrogens is 1. The first-order chi connectivity index (χ1) is 15.0. The summed E-state index contributed by atoms with van der Waals surface area (Å²) in [7, 11) is 2.20. The first kappa shape index (κ1) is 21.1. The van der Waals surface area contributed by atoms with Gasteiger partial charge in [0, 0.05) is 36.6 Å². The summed E-state index contributed by atoms with van der Waals surface area (Å²) in [5, 5.41) is 14.2. The van der Waals surface area contributed by atoms with Crippen LogP contribution in [0.25, 0.3) is 0 Å². The summed E-state index contributed by atoms with van der Waals surface area (Å²) in [4.78, 5) is 29.8. The molecule has 0 radical (unpaired) electrons. The Hall–Kier alpha value is -3.17. The van der Waals surface area contributed by atoms with Gasteiger partial charge < -0.3 is 24.8 Å². The van der Waals surface area contributed by atoms with Gasteiger partial charge in [-0.05, 0) is 30.3 Å². The molecule has 2 aliphatic rings. The number of nitrogens with one attached hydrogen (secondary N) is 2. The Morgan fingerprint density at radius 1 is 1.03 bits per heavy atom. The van der Waals surface area contributed by atoms with Crippen LogP contribution in [0.5, 0.6) is 0 Å². The van der Waals surface area contributed by atoms with Crippen molar-refractivity contribution in [2.45, 2.75) is 0 Å². The predicted molar refractivity (Wildman–Crippen MR) is 119 cm³/mol. The maximum absolute atomic E-state index is 13.1. The molecule has 2 saturated heterocycles. The van der Waals surface area contributed by atoms with Gasteiger partial charge in [-0.1, -0.05) is 0 Å². The SMILES string of the molecule is C[NH+]1CCN(c2ccc(NC(=O)c3cc([N+](=O)[O-])ccc3N3CCOCC3)cc2)CC1. The standard InChI is InChI=1S/C22H27N5O4/c1-24-8-10-25(11-9-24)18-4-2-17(3-5-18)23-22(28)20-16-19(27(29)30)6-7-21(20)26-12-14-31-15-13-26/h2-7,16H,8-15H2,1H3,(H,23,28)/p+1. The quantitative estimate of drug-likeness (QED) is 0.548. The largest absolute Gasteiger partial charge is 0.378 e. The molecule has 0 aliphatic carbocycles. The number of rotatable bonds is 5. The number of ether oxygens (including phenoxy) is 1. The van der Waals surface area contributed by atoms with Crippen LogP contribution in [0, 0.1) is 10.1 Å². The lowest BCUT2D eigenvalue weighted by molar-refractivity contribution is -0.880. The minimum absolute atomic E-state index is 0.102. The Balaban J connectivity index is 1.52. The van der Waals surface area contributed by atoms with Gasteiger partial charge in [0.15, 0.2) is 0 Å².